The molecule has 2 aliphatic rings. The van der Waals surface area contributed by atoms with Gasteiger partial charge in [-0.3, -0.25) is 4.99 Å². The summed E-state index contributed by atoms with van der Waals surface area (Å²) in [7, 11) is 2.09. The van der Waals surface area contributed by atoms with Crippen LogP contribution in [-0.2, 0) is 0 Å². The van der Waals surface area contributed by atoms with Gasteiger partial charge in [-0.15, -0.1) is 11.6 Å². The zero-order valence-electron chi connectivity index (χ0n) is 8.16. The molecule has 0 spiro atoms. The zero-order chi connectivity index (χ0) is 10.2. The van der Waals surface area contributed by atoms with Crippen molar-refractivity contribution >= 4 is 29.4 Å². The number of hydrogen-bond donors (Lipinski definition) is 0. The van der Waals surface area contributed by atoms with Gasteiger partial charge < -0.3 is 4.90 Å². The Kier molecular flexibility index (Phi) is 2.87. The van der Waals surface area contributed by atoms with E-state index in [2.05, 4.69) is 16.9 Å². The van der Waals surface area contributed by atoms with E-state index in [0.29, 0.717) is 6.04 Å². The van der Waals surface area contributed by atoms with E-state index in [1.54, 1.807) is 6.21 Å². The Morgan fingerprint density at radius 3 is 2.93 bits per heavy atom. The van der Waals surface area contributed by atoms with Gasteiger partial charge in [0.1, 0.15) is 10.4 Å². The van der Waals surface area contributed by atoms with Crippen molar-refractivity contribution in [3.05, 3.63) is 12.2 Å². The average Bonchev–Trinajstić information content (AvgIpc) is 2.57. The van der Waals surface area contributed by atoms with Gasteiger partial charge in [0.2, 0.25) is 0 Å². The molecule has 0 amide bonds. The van der Waals surface area contributed by atoms with Crippen LogP contribution < -0.4 is 0 Å². The number of hydrogen-bond acceptors (Lipinski definition) is 2. The summed E-state index contributed by atoms with van der Waals surface area (Å²) in [6, 6.07) is 0.306. The van der Waals surface area contributed by atoms with Crippen LogP contribution in [0.5, 0.6) is 0 Å². The number of aliphatic imine (C=N–C) groups is 1. The fourth-order valence-electron chi connectivity index (χ4n) is 2.25. The van der Waals surface area contributed by atoms with Crippen molar-refractivity contribution in [2.45, 2.75) is 29.3 Å². The van der Waals surface area contributed by atoms with Crippen molar-refractivity contribution < 1.29 is 0 Å². The van der Waals surface area contributed by atoms with Crippen LogP contribution in [0.3, 0.4) is 0 Å². The summed E-state index contributed by atoms with van der Waals surface area (Å²) in [5.41, 5.74) is -0.347. The highest BCUT2D eigenvalue weighted by Crippen LogP contribution is 2.39. The lowest BCUT2D eigenvalue weighted by molar-refractivity contribution is 0.267. The van der Waals surface area contributed by atoms with Gasteiger partial charge in [0.15, 0.2) is 0 Å². The maximum absolute atomic E-state index is 6.55. The molecule has 14 heavy (non-hydrogen) atoms. The molecule has 4 heteroatoms. The summed E-state index contributed by atoms with van der Waals surface area (Å²) in [4.78, 5) is 5.90. The maximum atomic E-state index is 6.55. The first kappa shape index (κ1) is 10.5. The second-order valence-electron chi connectivity index (χ2n) is 3.96. The summed E-state index contributed by atoms with van der Waals surface area (Å²) < 4.78 is 0. The first-order valence-corrected chi connectivity index (χ1v) is 5.70. The van der Waals surface area contributed by atoms with Gasteiger partial charge in [0.05, 0.1) is 0 Å². The monoisotopic (exact) mass is 232 g/mol. The minimum Gasteiger partial charge on any atom is -0.301 e. The van der Waals surface area contributed by atoms with E-state index < -0.39 is 4.87 Å². The van der Waals surface area contributed by atoms with Gasteiger partial charge in [-0.2, -0.15) is 0 Å². The van der Waals surface area contributed by atoms with E-state index in [1.807, 2.05) is 12.2 Å². The van der Waals surface area contributed by atoms with Crippen LogP contribution in [0.25, 0.3) is 0 Å². The Morgan fingerprint density at radius 2 is 2.36 bits per heavy atom. The van der Waals surface area contributed by atoms with Gasteiger partial charge in [-0.25, -0.2) is 0 Å². The Bertz CT molecular complexity index is 277. The standard InChI is InChI=1S/C10H14Cl2N2/c1-14-7-2-4-8(14)10(12)5-3-6-13-9(10)11/h3,5-6,8-9H,2,4,7H2,1H3/t8-,9?,10?/m0/s1. The predicted molar refractivity (Wildman–Crippen MR) is 61.5 cm³/mol. The van der Waals surface area contributed by atoms with Gasteiger partial charge in [-0.1, -0.05) is 17.7 Å². The maximum Gasteiger partial charge on any atom is 0.147 e. The third kappa shape index (κ3) is 1.60. The molecular formula is C10H14Cl2N2. The van der Waals surface area contributed by atoms with Crippen molar-refractivity contribution in [1.82, 2.24) is 4.90 Å². The third-order valence-electron chi connectivity index (χ3n) is 3.05. The Morgan fingerprint density at radius 1 is 1.57 bits per heavy atom. The van der Waals surface area contributed by atoms with Crippen LogP contribution in [0, 0.1) is 0 Å². The zero-order valence-corrected chi connectivity index (χ0v) is 9.67. The molecule has 0 N–H and O–H groups in total. The summed E-state index contributed by atoms with van der Waals surface area (Å²) in [6.07, 6.45) is 7.87. The van der Waals surface area contributed by atoms with E-state index in [-0.39, 0.29) is 5.50 Å². The van der Waals surface area contributed by atoms with Gasteiger partial charge in [-0.05, 0) is 32.5 Å². The number of nitrogens with zero attached hydrogens (tertiary/aromatic N) is 2. The molecule has 0 aromatic carbocycles. The van der Waals surface area contributed by atoms with E-state index in [1.165, 1.54) is 6.42 Å². The molecule has 0 saturated carbocycles. The van der Waals surface area contributed by atoms with Crippen molar-refractivity contribution in [2.24, 2.45) is 4.99 Å². The van der Waals surface area contributed by atoms with Crippen LogP contribution in [-0.4, -0.2) is 41.1 Å². The van der Waals surface area contributed by atoms with E-state index in [4.69, 9.17) is 23.2 Å². The number of allylic oxidation sites excluding steroid dienone is 1. The number of dihydropyridines is 1. The molecule has 0 radical (unpaired) electrons. The summed E-state index contributed by atoms with van der Waals surface area (Å²) >= 11 is 12.7. The topological polar surface area (TPSA) is 15.6 Å². The van der Waals surface area contributed by atoms with Crippen molar-refractivity contribution in [3.63, 3.8) is 0 Å². The molecule has 0 aromatic heterocycles. The largest absolute Gasteiger partial charge is 0.301 e. The first-order chi connectivity index (χ1) is 6.64. The minimum absolute atomic E-state index is 0.306. The smallest absolute Gasteiger partial charge is 0.147 e. The molecule has 1 saturated heterocycles. The third-order valence-corrected chi connectivity index (χ3v) is 4.22. The van der Waals surface area contributed by atoms with Crippen LogP contribution in [0.15, 0.2) is 17.1 Å². The molecule has 2 heterocycles. The van der Waals surface area contributed by atoms with Crippen molar-refractivity contribution in [1.29, 1.82) is 0 Å². The van der Waals surface area contributed by atoms with E-state index in [0.717, 1.165) is 13.0 Å². The number of rotatable bonds is 1. The lowest BCUT2D eigenvalue weighted by atomic mass is 9.94. The molecule has 0 aromatic rings. The van der Waals surface area contributed by atoms with Crippen LogP contribution in [0.1, 0.15) is 12.8 Å². The van der Waals surface area contributed by atoms with E-state index >= 15 is 0 Å². The van der Waals surface area contributed by atoms with E-state index in [9.17, 15) is 0 Å². The van der Waals surface area contributed by atoms with Gasteiger partial charge in [0, 0.05) is 12.3 Å². The molecular weight excluding hydrogens is 219 g/mol. The summed E-state index contributed by atoms with van der Waals surface area (Å²) in [5.74, 6) is 0. The number of halogens is 2. The lowest BCUT2D eigenvalue weighted by Crippen LogP contribution is -2.49. The van der Waals surface area contributed by atoms with Crippen molar-refractivity contribution in [3.8, 4) is 0 Å². The van der Waals surface area contributed by atoms with Crippen LogP contribution >= 0.6 is 23.2 Å². The Labute approximate surface area is 94.6 Å². The number of alkyl halides is 2. The molecule has 0 aliphatic carbocycles. The quantitative estimate of drug-likeness (QED) is 0.501. The highest BCUT2D eigenvalue weighted by molar-refractivity contribution is 6.34. The summed E-state index contributed by atoms with van der Waals surface area (Å²) in [5, 5.41) is 0. The Balaban J connectivity index is 2.22. The van der Waals surface area contributed by atoms with Gasteiger partial charge >= 0.3 is 0 Å². The van der Waals surface area contributed by atoms with Gasteiger partial charge in [0.25, 0.3) is 0 Å². The van der Waals surface area contributed by atoms with Crippen LogP contribution in [0.4, 0.5) is 0 Å². The summed E-state index contributed by atoms with van der Waals surface area (Å²) in [6.45, 7) is 1.10. The lowest BCUT2D eigenvalue weighted by Gasteiger charge is -2.37. The Hall–Kier alpha value is -0.0500. The highest BCUT2D eigenvalue weighted by atomic mass is 35.5. The molecule has 78 valence electrons. The van der Waals surface area contributed by atoms with Crippen molar-refractivity contribution in [2.75, 3.05) is 13.6 Å². The second kappa shape index (κ2) is 3.84. The molecule has 2 rings (SSSR count). The molecule has 1 fully saturated rings. The molecule has 2 aliphatic heterocycles. The molecule has 2 nitrogen and oxygen atoms in total. The van der Waals surface area contributed by atoms with Crippen LogP contribution in [0.2, 0.25) is 0 Å². The molecule has 0 bridgehead atoms. The second-order valence-corrected chi connectivity index (χ2v) is 5.03. The minimum atomic E-state index is -0.526. The first-order valence-electron chi connectivity index (χ1n) is 4.89. The fraction of sp³-hybridized carbons (Fsp3) is 0.700. The highest BCUT2D eigenvalue weighted by Gasteiger charge is 2.45. The molecule has 2 unspecified atom stereocenters. The average molecular weight is 233 g/mol. The molecule has 3 atom stereocenters. The normalized spacial score (nSPS) is 43.4. The number of likely N-dealkylation sites (tertiary alicyclic amines) is 1. The SMILES string of the molecule is CN1CCC[C@H]1C1(Cl)C=CC=NC1Cl. The fourth-order valence-corrected chi connectivity index (χ4v) is 2.94. The predicted octanol–water partition coefficient (Wildman–Crippen LogP) is 2.26.